The van der Waals surface area contributed by atoms with Crippen molar-refractivity contribution in [2.75, 3.05) is 22.4 Å². The van der Waals surface area contributed by atoms with Gasteiger partial charge in [-0.15, -0.1) is 11.8 Å². The molecule has 1 aliphatic heterocycles. The van der Waals surface area contributed by atoms with Gasteiger partial charge in [-0.05, 0) is 24.3 Å². The number of sulfonamides is 1. The molecule has 0 radical (unpaired) electrons. The molecule has 106 valence electrons. The fourth-order valence-electron chi connectivity index (χ4n) is 2.51. The maximum absolute atomic E-state index is 12.7. The van der Waals surface area contributed by atoms with Gasteiger partial charge in [-0.1, -0.05) is 0 Å². The van der Waals surface area contributed by atoms with Gasteiger partial charge in [-0.25, -0.2) is 8.42 Å². The van der Waals surface area contributed by atoms with Crippen LogP contribution in [0.2, 0.25) is 0 Å². The minimum Gasteiger partial charge on any atom is -0.267 e. The Morgan fingerprint density at radius 3 is 3.00 bits per heavy atom. The van der Waals surface area contributed by atoms with Crippen LogP contribution in [-0.2, 0) is 10.0 Å². The van der Waals surface area contributed by atoms with E-state index in [2.05, 4.69) is 11.1 Å². The molecular formula is C13H15N3O2S2. The molecule has 0 amide bonds. The number of thioether (sulfide) groups is 1. The van der Waals surface area contributed by atoms with Crippen molar-refractivity contribution in [3.05, 3.63) is 18.5 Å². The number of nitrogens with zero attached hydrogens (tertiary/aromatic N) is 3. The maximum atomic E-state index is 12.7. The third-order valence-electron chi connectivity index (χ3n) is 3.82. The summed E-state index contributed by atoms with van der Waals surface area (Å²) in [6.45, 7) is 0.480. The summed E-state index contributed by atoms with van der Waals surface area (Å²) in [7, 11) is -3.39. The van der Waals surface area contributed by atoms with E-state index in [0.717, 1.165) is 23.5 Å². The van der Waals surface area contributed by atoms with Crippen molar-refractivity contribution >= 4 is 27.5 Å². The van der Waals surface area contributed by atoms with Crippen LogP contribution in [0.15, 0.2) is 23.4 Å². The molecule has 0 atom stereocenters. The minimum atomic E-state index is -3.39. The molecule has 1 fully saturated rings. The van der Waals surface area contributed by atoms with Crippen molar-refractivity contribution in [3.8, 4) is 6.07 Å². The van der Waals surface area contributed by atoms with Crippen molar-refractivity contribution in [2.24, 2.45) is 5.41 Å². The molecule has 0 N–H and O–H groups in total. The quantitative estimate of drug-likeness (QED) is 0.850. The zero-order valence-electron chi connectivity index (χ0n) is 10.9. The summed E-state index contributed by atoms with van der Waals surface area (Å²) in [6, 6.07) is 3.97. The summed E-state index contributed by atoms with van der Waals surface area (Å²) >= 11 is 1.65. The monoisotopic (exact) mass is 309 g/mol. The van der Waals surface area contributed by atoms with Gasteiger partial charge in [0.15, 0.2) is 0 Å². The molecule has 1 aliphatic carbocycles. The first kappa shape index (κ1) is 13.7. The van der Waals surface area contributed by atoms with E-state index in [9.17, 15) is 8.42 Å². The van der Waals surface area contributed by atoms with E-state index in [0.29, 0.717) is 18.7 Å². The topological polar surface area (TPSA) is 74.1 Å². The van der Waals surface area contributed by atoms with Crippen LogP contribution in [-0.4, -0.2) is 31.5 Å². The lowest BCUT2D eigenvalue weighted by molar-refractivity contribution is 0.545. The van der Waals surface area contributed by atoms with E-state index in [4.69, 9.17) is 5.26 Å². The highest BCUT2D eigenvalue weighted by Crippen LogP contribution is 2.50. The number of nitriles is 1. The Balaban J connectivity index is 1.88. The molecule has 0 spiro atoms. The number of hydrogen-bond acceptors (Lipinski definition) is 5. The first-order valence-electron chi connectivity index (χ1n) is 6.51. The van der Waals surface area contributed by atoms with Gasteiger partial charge in [-0.2, -0.15) is 5.26 Å². The van der Waals surface area contributed by atoms with Crippen LogP contribution in [0.5, 0.6) is 0 Å². The molecule has 2 heterocycles. The summed E-state index contributed by atoms with van der Waals surface area (Å²) in [6.07, 6.45) is 5.29. The molecular weight excluding hydrogens is 294 g/mol. The highest BCUT2D eigenvalue weighted by molar-refractivity contribution is 8.00. The van der Waals surface area contributed by atoms with Crippen LogP contribution in [0.3, 0.4) is 0 Å². The second-order valence-electron chi connectivity index (χ2n) is 5.36. The van der Waals surface area contributed by atoms with Gasteiger partial charge in [0.1, 0.15) is 0 Å². The van der Waals surface area contributed by atoms with Gasteiger partial charge < -0.3 is 0 Å². The van der Waals surface area contributed by atoms with Crippen LogP contribution in [0, 0.1) is 16.7 Å². The molecule has 3 rings (SSSR count). The Bertz CT molecular complexity index is 662. The molecule has 1 aromatic rings. The Morgan fingerprint density at radius 2 is 2.30 bits per heavy atom. The SMILES string of the molecule is N#CCC1(CS(=O)(=O)N2CCSc3ccncc32)CC1. The number of anilines is 1. The zero-order valence-corrected chi connectivity index (χ0v) is 12.6. The summed E-state index contributed by atoms with van der Waals surface area (Å²) in [4.78, 5) is 5.00. The summed E-state index contributed by atoms with van der Waals surface area (Å²) in [5.41, 5.74) is 0.372. The molecule has 0 bridgehead atoms. The zero-order chi connectivity index (χ0) is 14.2. The first-order valence-corrected chi connectivity index (χ1v) is 9.10. The van der Waals surface area contributed by atoms with Gasteiger partial charge in [0, 0.05) is 29.8 Å². The third kappa shape index (κ3) is 2.50. The van der Waals surface area contributed by atoms with E-state index in [1.54, 1.807) is 24.2 Å². The average Bonchev–Trinajstić information content (AvgIpc) is 3.17. The van der Waals surface area contributed by atoms with Crippen LogP contribution in [0.25, 0.3) is 0 Å². The van der Waals surface area contributed by atoms with Crippen LogP contribution in [0.1, 0.15) is 19.3 Å². The lowest BCUT2D eigenvalue weighted by Gasteiger charge is -2.30. The van der Waals surface area contributed by atoms with E-state index in [1.807, 2.05) is 6.07 Å². The lowest BCUT2D eigenvalue weighted by atomic mass is 10.1. The second kappa shape index (κ2) is 4.93. The Hall–Kier alpha value is -1.26. The molecule has 20 heavy (non-hydrogen) atoms. The van der Waals surface area contributed by atoms with Crippen molar-refractivity contribution in [1.82, 2.24) is 4.98 Å². The summed E-state index contributed by atoms with van der Waals surface area (Å²) in [5, 5.41) is 8.84. The maximum Gasteiger partial charge on any atom is 0.235 e. The predicted octanol–water partition coefficient (Wildman–Crippen LogP) is 2.02. The minimum absolute atomic E-state index is 0.0760. The average molecular weight is 309 g/mol. The third-order valence-corrected chi connectivity index (χ3v) is 6.89. The Labute approximate surface area is 123 Å². The number of fused-ring (bicyclic) bond motifs is 1. The van der Waals surface area contributed by atoms with Gasteiger partial charge in [0.2, 0.25) is 10.0 Å². The standard InChI is InChI=1S/C13H15N3O2S2/c14-5-4-13(2-3-13)10-20(17,18)16-7-8-19-12-1-6-15-9-11(12)16/h1,6,9H,2-4,7-8,10H2. The summed E-state index contributed by atoms with van der Waals surface area (Å²) < 4.78 is 26.8. The van der Waals surface area contributed by atoms with Gasteiger partial charge in [0.25, 0.3) is 0 Å². The van der Waals surface area contributed by atoms with E-state index >= 15 is 0 Å². The number of aromatic nitrogens is 1. The number of rotatable bonds is 4. The fourth-order valence-corrected chi connectivity index (χ4v) is 5.78. The normalized spacial score (nSPS) is 20.1. The lowest BCUT2D eigenvalue weighted by Crippen LogP contribution is -2.39. The number of hydrogen-bond donors (Lipinski definition) is 0. The molecule has 1 aromatic heterocycles. The highest BCUT2D eigenvalue weighted by atomic mass is 32.2. The highest BCUT2D eigenvalue weighted by Gasteiger charge is 2.47. The number of pyridine rings is 1. The second-order valence-corrected chi connectivity index (χ2v) is 8.39. The van der Waals surface area contributed by atoms with Gasteiger partial charge in [0.05, 0.1) is 23.7 Å². The van der Waals surface area contributed by atoms with Crippen LogP contribution in [0.4, 0.5) is 5.69 Å². The molecule has 0 aromatic carbocycles. The van der Waals surface area contributed by atoms with Crippen molar-refractivity contribution in [1.29, 1.82) is 5.26 Å². The van der Waals surface area contributed by atoms with Crippen molar-refractivity contribution < 1.29 is 8.42 Å². The fraction of sp³-hybridized carbons (Fsp3) is 0.538. The predicted molar refractivity (Wildman–Crippen MR) is 78.0 cm³/mol. The Morgan fingerprint density at radius 1 is 1.50 bits per heavy atom. The van der Waals surface area contributed by atoms with Crippen LogP contribution >= 0.6 is 11.8 Å². The molecule has 1 saturated carbocycles. The summed E-state index contributed by atoms with van der Waals surface area (Å²) in [5.74, 6) is 0.827. The molecule has 7 heteroatoms. The van der Waals surface area contributed by atoms with E-state index in [-0.39, 0.29) is 11.2 Å². The van der Waals surface area contributed by atoms with Crippen molar-refractivity contribution in [3.63, 3.8) is 0 Å². The van der Waals surface area contributed by atoms with Crippen molar-refractivity contribution in [2.45, 2.75) is 24.2 Å². The van der Waals surface area contributed by atoms with E-state index in [1.165, 1.54) is 4.31 Å². The molecule has 2 aliphatic rings. The van der Waals surface area contributed by atoms with E-state index < -0.39 is 10.0 Å². The van der Waals surface area contributed by atoms with Crippen LogP contribution < -0.4 is 4.31 Å². The molecule has 5 nitrogen and oxygen atoms in total. The first-order chi connectivity index (χ1) is 9.56. The Kier molecular flexibility index (Phi) is 3.38. The van der Waals surface area contributed by atoms with Gasteiger partial charge in [-0.3, -0.25) is 9.29 Å². The smallest absolute Gasteiger partial charge is 0.235 e. The molecule has 0 unspecified atom stereocenters. The van der Waals surface area contributed by atoms with Gasteiger partial charge >= 0.3 is 0 Å². The largest absolute Gasteiger partial charge is 0.267 e. The molecule has 0 saturated heterocycles.